The Morgan fingerprint density at radius 3 is 2.27 bits per heavy atom. The van der Waals surface area contributed by atoms with Gasteiger partial charge in [0, 0.05) is 0 Å². The van der Waals surface area contributed by atoms with Crippen molar-refractivity contribution in [2.45, 2.75) is 52.4 Å². The molecule has 0 radical (unpaired) electrons. The van der Waals surface area contributed by atoms with E-state index in [-0.39, 0.29) is 0 Å². The summed E-state index contributed by atoms with van der Waals surface area (Å²) < 4.78 is -1.10. The van der Waals surface area contributed by atoms with E-state index in [1.165, 1.54) is 38.5 Å². The van der Waals surface area contributed by atoms with Crippen LogP contribution in [0.3, 0.4) is 0 Å². The van der Waals surface area contributed by atoms with Crippen LogP contribution in [0.2, 0.25) is 0 Å². The van der Waals surface area contributed by atoms with Gasteiger partial charge in [-0.2, -0.15) is 0 Å². The van der Waals surface area contributed by atoms with Crippen LogP contribution in [-0.2, 0) is 21.5 Å². The average molecular weight is 328 g/mol. The summed E-state index contributed by atoms with van der Waals surface area (Å²) >= 11 is -0.593. The fourth-order valence-corrected chi connectivity index (χ4v) is 7.88. The Morgan fingerprint density at radius 1 is 1.20 bits per heavy atom. The Morgan fingerprint density at radius 2 is 1.80 bits per heavy atom. The molecular formula is C12H26ClPZr. The van der Waals surface area contributed by atoms with Crippen LogP contribution in [0, 0.1) is 0 Å². The third kappa shape index (κ3) is 7.30. The molecule has 0 saturated carbocycles. The van der Waals surface area contributed by atoms with Crippen LogP contribution in [0.4, 0.5) is 0 Å². The minimum absolute atomic E-state index is 0.593. The van der Waals surface area contributed by atoms with E-state index in [0.29, 0.717) is 0 Å². The average Bonchev–Trinajstić information content (AvgIpc) is 2.23. The first-order valence-corrected chi connectivity index (χ1v) is 16.0. The molecule has 3 heteroatoms. The van der Waals surface area contributed by atoms with Crippen LogP contribution in [-0.4, -0.2) is 13.3 Å². The second kappa shape index (κ2) is 9.38. The Labute approximate surface area is 111 Å². The van der Waals surface area contributed by atoms with Crippen LogP contribution < -0.4 is 0 Å². The standard InChI is InChI=1S/C12H25P.ClH.Zr/c1-5-7-9-11-12(13(3)4)10-8-6-2;;/h11H,5-10H2,1-4H3;1H;. The van der Waals surface area contributed by atoms with Crippen LogP contribution >= 0.6 is 13.1 Å². The summed E-state index contributed by atoms with van der Waals surface area (Å²) in [4.78, 5) is 0. The molecule has 0 aromatic heterocycles. The molecule has 15 heavy (non-hydrogen) atoms. The van der Waals surface area contributed by atoms with Crippen LogP contribution in [0.5, 0.6) is 0 Å². The predicted molar refractivity (Wildman–Crippen MR) is 73.1 cm³/mol. The molecule has 0 heterocycles. The van der Waals surface area contributed by atoms with Gasteiger partial charge in [-0.15, -0.1) is 0 Å². The van der Waals surface area contributed by atoms with Gasteiger partial charge in [0.1, 0.15) is 0 Å². The van der Waals surface area contributed by atoms with Crippen LogP contribution in [0.15, 0.2) is 11.4 Å². The van der Waals surface area contributed by atoms with Crippen molar-refractivity contribution in [2.75, 3.05) is 13.3 Å². The Bertz CT molecular complexity index is 190. The third-order valence-electron chi connectivity index (χ3n) is 2.79. The number of halogens is 1. The van der Waals surface area contributed by atoms with Crippen molar-refractivity contribution in [1.82, 2.24) is 0 Å². The zero-order valence-electron chi connectivity index (χ0n) is 10.7. The molecule has 0 aromatic rings. The van der Waals surface area contributed by atoms with E-state index in [9.17, 15) is 0 Å². The molecule has 0 aliphatic heterocycles. The summed E-state index contributed by atoms with van der Waals surface area (Å²) in [5.41, 5.74) is 0. The summed E-state index contributed by atoms with van der Waals surface area (Å²) in [7, 11) is 6.27. The molecule has 0 unspecified atom stereocenters. The van der Waals surface area contributed by atoms with Crippen molar-refractivity contribution in [1.29, 1.82) is 0 Å². The van der Waals surface area contributed by atoms with E-state index in [0.717, 1.165) is 0 Å². The summed E-state index contributed by atoms with van der Waals surface area (Å²) in [5, 5.41) is 1.78. The second-order valence-corrected chi connectivity index (χ2v) is 22.7. The van der Waals surface area contributed by atoms with Crippen molar-refractivity contribution in [3.05, 3.63) is 11.4 Å². The van der Waals surface area contributed by atoms with Gasteiger partial charge < -0.3 is 0 Å². The third-order valence-corrected chi connectivity index (χ3v) is 19.6. The first-order valence-electron chi connectivity index (χ1n) is 6.15. The van der Waals surface area contributed by atoms with Gasteiger partial charge in [-0.1, -0.05) is 0 Å². The van der Waals surface area contributed by atoms with E-state index in [2.05, 4.69) is 33.3 Å². The normalized spacial score (nSPS) is 14.1. The molecule has 0 spiro atoms. The van der Waals surface area contributed by atoms with Crippen molar-refractivity contribution in [2.24, 2.45) is 0 Å². The molecule has 0 atom stereocenters. The molecule has 0 nitrogen and oxygen atoms in total. The Balaban J connectivity index is 4.35. The molecule has 0 aliphatic rings. The van der Waals surface area contributed by atoms with Gasteiger partial charge in [0.2, 0.25) is 0 Å². The zero-order chi connectivity index (χ0) is 11.7. The molecule has 0 N–H and O–H groups in total. The number of hydrogen-bond donors (Lipinski definition) is 0. The Kier molecular flexibility index (Phi) is 10.2. The van der Waals surface area contributed by atoms with E-state index in [4.69, 9.17) is 8.51 Å². The monoisotopic (exact) mass is 326 g/mol. The SMILES string of the molecule is CCCCC=C(CCCC)[PH](C)(C)[Zr][Cl]. The van der Waals surface area contributed by atoms with E-state index in [1.54, 1.807) is 5.31 Å². The fraction of sp³-hybridized carbons (Fsp3) is 0.833. The summed E-state index contributed by atoms with van der Waals surface area (Å²) in [6, 6.07) is 0. The Hall–Kier alpha value is 1.34. The minimum atomic E-state index is -1.10. The van der Waals surface area contributed by atoms with Crippen LogP contribution in [0.25, 0.3) is 0 Å². The fourth-order valence-electron chi connectivity index (χ4n) is 1.58. The van der Waals surface area contributed by atoms with Crippen molar-refractivity contribution in [3.8, 4) is 0 Å². The van der Waals surface area contributed by atoms with Gasteiger partial charge in [-0.3, -0.25) is 0 Å². The van der Waals surface area contributed by atoms with Gasteiger partial charge in [0.25, 0.3) is 0 Å². The van der Waals surface area contributed by atoms with Crippen molar-refractivity contribution < 1.29 is 21.5 Å². The number of rotatable bonds is 8. The molecule has 0 saturated heterocycles. The van der Waals surface area contributed by atoms with E-state index < -0.39 is 26.0 Å². The maximum atomic E-state index is 6.27. The molecule has 90 valence electrons. The molecule has 0 bridgehead atoms. The van der Waals surface area contributed by atoms with E-state index in [1.807, 2.05) is 0 Å². The van der Waals surface area contributed by atoms with Gasteiger partial charge in [-0.05, 0) is 0 Å². The predicted octanol–water partition coefficient (Wildman–Crippen LogP) is 5.41. The summed E-state index contributed by atoms with van der Waals surface area (Å²) in [6.45, 7) is 9.48. The first-order chi connectivity index (χ1) is 7.08. The number of unbranched alkanes of at least 4 members (excludes halogenated alkanes) is 3. The van der Waals surface area contributed by atoms with Gasteiger partial charge in [0.05, 0.1) is 0 Å². The first kappa shape index (κ1) is 16.3. The molecule has 0 rings (SSSR count). The maximum absolute atomic E-state index is 6.27. The quantitative estimate of drug-likeness (QED) is 0.413. The zero-order valence-corrected chi connectivity index (χ0v) is 14.9. The summed E-state index contributed by atoms with van der Waals surface area (Å²) in [5.74, 6) is 0. The molecule has 0 amide bonds. The van der Waals surface area contributed by atoms with E-state index >= 15 is 0 Å². The number of hydrogen-bond acceptors (Lipinski definition) is 0. The van der Waals surface area contributed by atoms with Gasteiger partial charge in [0.15, 0.2) is 0 Å². The molecule has 0 aliphatic carbocycles. The van der Waals surface area contributed by atoms with Crippen molar-refractivity contribution in [3.63, 3.8) is 0 Å². The topological polar surface area (TPSA) is 0 Å². The van der Waals surface area contributed by atoms with Gasteiger partial charge in [-0.25, -0.2) is 0 Å². The molecule has 0 fully saturated rings. The summed E-state index contributed by atoms with van der Waals surface area (Å²) in [6.07, 6.45) is 10.4. The van der Waals surface area contributed by atoms with Gasteiger partial charge >= 0.3 is 112 Å². The molecular weight excluding hydrogens is 302 g/mol. The van der Waals surface area contributed by atoms with Crippen molar-refractivity contribution >= 4 is 13.1 Å². The number of allylic oxidation sites excluding steroid dienone is 2. The van der Waals surface area contributed by atoms with Crippen LogP contribution in [0.1, 0.15) is 52.4 Å². The second-order valence-electron chi connectivity index (χ2n) is 4.69. The molecule has 0 aromatic carbocycles.